The van der Waals surface area contributed by atoms with Crippen molar-refractivity contribution in [2.45, 2.75) is 31.7 Å². The predicted molar refractivity (Wildman–Crippen MR) is 104 cm³/mol. The Morgan fingerprint density at radius 3 is 2.22 bits per heavy atom. The predicted octanol–water partition coefficient (Wildman–Crippen LogP) is 2.04. The topological polar surface area (TPSA) is 118 Å². The van der Waals surface area contributed by atoms with Crippen molar-refractivity contribution in [2.24, 2.45) is 11.1 Å². The number of aryl methyl sites for hydroxylation is 1. The van der Waals surface area contributed by atoms with Crippen molar-refractivity contribution in [1.82, 2.24) is 5.32 Å². The van der Waals surface area contributed by atoms with E-state index in [4.69, 9.17) is 5.14 Å². The van der Waals surface area contributed by atoms with Crippen LogP contribution in [0.15, 0.2) is 53.4 Å². The van der Waals surface area contributed by atoms with Gasteiger partial charge in [-0.2, -0.15) is 0 Å². The molecule has 0 aliphatic rings. The minimum Gasteiger partial charge on any atom is -0.340 e. The van der Waals surface area contributed by atoms with E-state index >= 15 is 0 Å². The van der Waals surface area contributed by atoms with Gasteiger partial charge in [-0.1, -0.05) is 37.6 Å². The van der Waals surface area contributed by atoms with E-state index in [0.717, 1.165) is 5.56 Å². The summed E-state index contributed by atoms with van der Waals surface area (Å²) in [4.78, 5) is 24.9. The number of benzene rings is 2. The van der Waals surface area contributed by atoms with Crippen molar-refractivity contribution in [3.63, 3.8) is 0 Å². The fourth-order valence-electron chi connectivity index (χ4n) is 2.44. The molecule has 0 fully saturated rings. The third-order valence-electron chi connectivity index (χ3n) is 3.98. The maximum Gasteiger partial charge on any atom is 0.251 e. The molecule has 7 nitrogen and oxygen atoms in total. The molecule has 1 atom stereocenters. The van der Waals surface area contributed by atoms with E-state index in [1.165, 1.54) is 18.2 Å². The van der Waals surface area contributed by atoms with E-state index in [2.05, 4.69) is 10.6 Å². The van der Waals surface area contributed by atoms with Gasteiger partial charge >= 0.3 is 0 Å². The van der Waals surface area contributed by atoms with Crippen molar-refractivity contribution < 1.29 is 18.0 Å². The fraction of sp³-hybridized carbons (Fsp3) is 0.263. The van der Waals surface area contributed by atoms with Crippen LogP contribution < -0.4 is 15.8 Å². The van der Waals surface area contributed by atoms with Crippen LogP contribution in [0.25, 0.3) is 0 Å². The molecule has 8 heteroatoms. The molecule has 2 rings (SSSR count). The molecule has 144 valence electrons. The van der Waals surface area contributed by atoms with Crippen LogP contribution in [0.4, 0.5) is 5.69 Å². The summed E-state index contributed by atoms with van der Waals surface area (Å²) in [6.45, 7) is 5.53. The Labute approximate surface area is 159 Å². The smallest absolute Gasteiger partial charge is 0.251 e. The van der Waals surface area contributed by atoms with Gasteiger partial charge < -0.3 is 10.6 Å². The number of anilines is 1. The Morgan fingerprint density at radius 2 is 1.67 bits per heavy atom. The lowest BCUT2D eigenvalue weighted by Crippen LogP contribution is -2.47. The highest BCUT2D eigenvalue weighted by atomic mass is 32.2. The number of nitrogens with one attached hydrogen (secondary N) is 2. The Hall–Kier alpha value is -2.71. The molecule has 2 aromatic rings. The first-order valence-corrected chi connectivity index (χ1v) is 9.94. The van der Waals surface area contributed by atoms with Crippen LogP contribution in [0.2, 0.25) is 0 Å². The summed E-state index contributed by atoms with van der Waals surface area (Å²) < 4.78 is 22.9. The van der Waals surface area contributed by atoms with Crippen molar-refractivity contribution in [2.75, 3.05) is 5.32 Å². The molecular formula is C19H23N3O4S. The SMILES string of the molecule is Cc1ccc(C(=O)N[C@H](C(=O)Nc2cccc(S(N)(=O)=O)c2)C(C)C)cc1. The molecule has 0 saturated heterocycles. The summed E-state index contributed by atoms with van der Waals surface area (Å²) in [6.07, 6.45) is 0. The van der Waals surface area contributed by atoms with Gasteiger partial charge in [0, 0.05) is 11.3 Å². The van der Waals surface area contributed by atoms with Crippen LogP contribution in [0, 0.1) is 12.8 Å². The maximum absolute atomic E-state index is 12.6. The van der Waals surface area contributed by atoms with Crippen molar-refractivity contribution >= 4 is 27.5 Å². The third kappa shape index (κ3) is 5.63. The molecule has 0 radical (unpaired) electrons. The summed E-state index contributed by atoms with van der Waals surface area (Å²) >= 11 is 0. The molecule has 2 aromatic carbocycles. The van der Waals surface area contributed by atoms with Gasteiger partial charge in [0.2, 0.25) is 15.9 Å². The van der Waals surface area contributed by atoms with Crippen molar-refractivity contribution in [1.29, 1.82) is 0 Å². The van der Waals surface area contributed by atoms with Crippen LogP contribution >= 0.6 is 0 Å². The number of nitrogens with two attached hydrogens (primary N) is 1. The quantitative estimate of drug-likeness (QED) is 0.700. The van der Waals surface area contributed by atoms with Gasteiger partial charge in [-0.15, -0.1) is 0 Å². The molecule has 0 aliphatic heterocycles. The average molecular weight is 389 g/mol. The van der Waals surface area contributed by atoms with Gasteiger partial charge in [-0.3, -0.25) is 9.59 Å². The van der Waals surface area contributed by atoms with Gasteiger partial charge in [-0.05, 0) is 43.2 Å². The molecule has 0 bridgehead atoms. The molecule has 0 spiro atoms. The van der Waals surface area contributed by atoms with Gasteiger partial charge in [0.25, 0.3) is 5.91 Å². The summed E-state index contributed by atoms with van der Waals surface area (Å²) in [5, 5.41) is 10.5. The number of hydrogen-bond donors (Lipinski definition) is 3. The first-order valence-electron chi connectivity index (χ1n) is 8.39. The largest absolute Gasteiger partial charge is 0.340 e. The first kappa shape index (κ1) is 20.6. The second-order valence-electron chi connectivity index (χ2n) is 6.62. The Morgan fingerprint density at radius 1 is 1.04 bits per heavy atom. The lowest BCUT2D eigenvalue weighted by atomic mass is 10.0. The Kier molecular flexibility index (Phi) is 6.35. The highest BCUT2D eigenvalue weighted by Crippen LogP contribution is 2.15. The molecular weight excluding hydrogens is 366 g/mol. The molecule has 2 amide bonds. The zero-order chi connectivity index (χ0) is 20.2. The summed E-state index contributed by atoms with van der Waals surface area (Å²) in [5.41, 5.74) is 1.76. The molecule has 0 heterocycles. The fourth-order valence-corrected chi connectivity index (χ4v) is 2.99. The molecule has 0 saturated carbocycles. The Balaban J connectivity index is 2.15. The number of carbonyl (C=O) groups is 2. The minimum absolute atomic E-state index is 0.106. The van der Waals surface area contributed by atoms with E-state index in [1.807, 2.05) is 19.1 Å². The van der Waals surface area contributed by atoms with Gasteiger partial charge in [-0.25, -0.2) is 13.6 Å². The summed E-state index contributed by atoms with van der Waals surface area (Å²) in [6, 6.07) is 11.9. The molecule has 0 aliphatic carbocycles. The van der Waals surface area contributed by atoms with E-state index < -0.39 is 22.0 Å². The molecule has 27 heavy (non-hydrogen) atoms. The van der Waals surface area contributed by atoms with Gasteiger partial charge in [0.15, 0.2) is 0 Å². The van der Waals surface area contributed by atoms with E-state index in [0.29, 0.717) is 5.56 Å². The first-order chi connectivity index (χ1) is 12.6. The summed E-state index contributed by atoms with van der Waals surface area (Å²) in [5.74, 6) is -0.986. The highest BCUT2D eigenvalue weighted by molar-refractivity contribution is 7.89. The van der Waals surface area contributed by atoms with Crippen LogP contribution in [0.3, 0.4) is 0 Å². The van der Waals surface area contributed by atoms with Crippen molar-refractivity contribution in [3.05, 3.63) is 59.7 Å². The van der Waals surface area contributed by atoms with Crippen molar-refractivity contribution in [3.8, 4) is 0 Å². The number of hydrogen-bond acceptors (Lipinski definition) is 4. The van der Waals surface area contributed by atoms with E-state index in [-0.39, 0.29) is 22.4 Å². The lowest BCUT2D eigenvalue weighted by Gasteiger charge is -2.22. The van der Waals surface area contributed by atoms with E-state index in [9.17, 15) is 18.0 Å². The molecule has 0 unspecified atom stereocenters. The summed E-state index contributed by atoms with van der Waals surface area (Å²) in [7, 11) is -3.88. The normalized spacial score (nSPS) is 12.5. The monoisotopic (exact) mass is 389 g/mol. The van der Waals surface area contributed by atoms with Gasteiger partial charge in [0.05, 0.1) is 4.90 Å². The maximum atomic E-state index is 12.6. The van der Waals surface area contributed by atoms with E-state index in [1.54, 1.807) is 32.0 Å². The molecule has 4 N–H and O–H groups in total. The number of primary sulfonamides is 1. The number of rotatable bonds is 6. The standard InChI is InChI=1S/C19H23N3O4S/c1-12(2)17(22-18(23)14-9-7-13(3)8-10-14)19(24)21-15-5-4-6-16(11-15)27(20,25)26/h4-12,17H,1-3H3,(H,21,24)(H,22,23)(H2,20,25,26)/t17-/m0/s1. The minimum atomic E-state index is -3.88. The third-order valence-corrected chi connectivity index (χ3v) is 4.89. The van der Waals surface area contributed by atoms with Crippen LogP contribution in [-0.4, -0.2) is 26.3 Å². The number of carbonyl (C=O) groups excluding carboxylic acids is 2. The Bertz CT molecular complexity index is 938. The zero-order valence-corrected chi connectivity index (χ0v) is 16.2. The van der Waals surface area contributed by atoms with Crippen LogP contribution in [0.1, 0.15) is 29.8 Å². The van der Waals surface area contributed by atoms with Crippen LogP contribution in [-0.2, 0) is 14.8 Å². The zero-order valence-electron chi connectivity index (χ0n) is 15.4. The highest BCUT2D eigenvalue weighted by Gasteiger charge is 2.25. The lowest BCUT2D eigenvalue weighted by molar-refractivity contribution is -0.118. The number of sulfonamides is 1. The van der Waals surface area contributed by atoms with Gasteiger partial charge in [0.1, 0.15) is 6.04 Å². The second kappa shape index (κ2) is 8.32. The van der Waals surface area contributed by atoms with Crippen LogP contribution in [0.5, 0.6) is 0 Å². The molecule has 0 aromatic heterocycles. The second-order valence-corrected chi connectivity index (χ2v) is 8.18. The average Bonchev–Trinajstić information content (AvgIpc) is 2.59. The number of amides is 2.